The van der Waals surface area contributed by atoms with Crippen LogP contribution < -0.4 is 0 Å². The number of carbonyl (C=O) groups is 1. The second-order valence-corrected chi connectivity index (χ2v) is 7.46. The van der Waals surface area contributed by atoms with Gasteiger partial charge in [-0.25, -0.2) is 0 Å². The van der Waals surface area contributed by atoms with Crippen LogP contribution in [-0.4, -0.2) is 32.9 Å². The Morgan fingerprint density at radius 3 is 1.94 bits per heavy atom. The number of aliphatic carboxylic acids is 1. The summed E-state index contributed by atoms with van der Waals surface area (Å²) in [6.45, 7) is 7.46. The largest absolute Gasteiger partial charge is 0.481 e. The van der Waals surface area contributed by atoms with Gasteiger partial charge in [0.15, 0.2) is 0 Å². The fraction of sp³-hybridized carbons (Fsp3) is 0.909. The minimum atomic E-state index is -2.26. The maximum Gasteiger partial charge on any atom is 0.338 e. The van der Waals surface area contributed by atoms with Crippen molar-refractivity contribution in [3.63, 3.8) is 0 Å². The summed E-state index contributed by atoms with van der Waals surface area (Å²) in [5.41, 5.74) is 0. The van der Waals surface area contributed by atoms with E-state index in [4.69, 9.17) is 14.0 Å². The number of carboxylic acids is 1. The molecule has 0 bridgehead atoms. The molecule has 0 aliphatic rings. The number of carboxylic acid groups (broad SMARTS) is 1. The van der Waals surface area contributed by atoms with E-state index in [-0.39, 0.29) is 6.42 Å². The highest BCUT2D eigenvalue weighted by Crippen LogP contribution is 2.21. The van der Waals surface area contributed by atoms with Crippen LogP contribution in [0, 0.1) is 0 Å². The first-order valence-electron chi connectivity index (χ1n) is 6.10. The summed E-state index contributed by atoms with van der Waals surface area (Å²) in [5, 5.41) is 8.73. The van der Waals surface area contributed by atoms with E-state index in [9.17, 15) is 4.79 Å². The molecular formula is C11H24O4Si. The van der Waals surface area contributed by atoms with Crippen LogP contribution in [0.15, 0.2) is 0 Å². The second-order valence-electron chi connectivity index (χ2n) is 3.85. The first kappa shape index (κ1) is 15.6. The molecular weight excluding hydrogens is 224 g/mol. The van der Waals surface area contributed by atoms with Gasteiger partial charge in [0.1, 0.15) is 0 Å². The SMILES string of the molecule is CCCO[Si](CC)(CCC(=O)O)OCCC. The lowest BCUT2D eigenvalue weighted by Gasteiger charge is -2.29. The van der Waals surface area contributed by atoms with E-state index < -0.39 is 14.5 Å². The summed E-state index contributed by atoms with van der Waals surface area (Å²) in [5.74, 6) is -0.773. The monoisotopic (exact) mass is 248 g/mol. The molecule has 0 aromatic carbocycles. The maximum atomic E-state index is 10.6. The van der Waals surface area contributed by atoms with Crippen molar-refractivity contribution in [2.75, 3.05) is 13.2 Å². The van der Waals surface area contributed by atoms with Crippen molar-refractivity contribution in [1.29, 1.82) is 0 Å². The maximum absolute atomic E-state index is 10.6. The van der Waals surface area contributed by atoms with Crippen molar-refractivity contribution < 1.29 is 18.8 Å². The van der Waals surface area contributed by atoms with Crippen LogP contribution in [0.3, 0.4) is 0 Å². The molecule has 1 N–H and O–H groups in total. The smallest absolute Gasteiger partial charge is 0.338 e. The lowest BCUT2D eigenvalue weighted by atomic mass is 10.5. The number of rotatable bonds is 10. The molecule has 0 rings (SSSR count). The highest BCUT2D eigenvalue weighted by molar-refractivity contribution is 6.67. The third-order valence-corrected chi connectivity index (χ3v) is 5.95. The Labute approximate surface area is 99.2 Å². The fourth-order valence-corrected chi connectivity index (χ4v) is 4.32. The first-order valence-corrected chi connectivity index (χ1v) is 8.33. The molecule has 5 heteroatoms. The molecule has 0 aromatic rings. The molecule has 0 heterocycles. The summed E-state index contributed by atoms with van der Waals surface area (Å²) in [7, 11) is -2.26. The van der Waals surface area contributed by atoms with Crippen LogP contribution in [-0.2, 0) is 13.6 Å². The van der Waals surface area contributed by atoms with Gasteiger partial charge in [-0.15, -0.1) is 0 Å². The van der Waals surface area contributed by atoms with Crippen LogP contribution in [0.25, 0.3) is 0 Å². The summed E-state index contributed by atoms with van der Waals surface area (Å²) >= 11 is 0. The van der Waals surface area contributed by atoms with Crippen LogP contribution in [0.5, 0.6) is 0 Å². The highest BCUT2D eigenvalue weighted by atomic mass is 28.4. The van der Waals surface area contributed by atoms with E-state index in [1.807, 2.05) is 20.8 Å². The molecule has 0 spiro atoms. The molecule has 0 saturated carbocycles. The minimum Gasteiger partial charge on any atom is -0.481 e. The molecule has 0 atom stereocenters. The summed E-state index contributed by atoms with van der Waals surface area (Å²) < 4.78 is 11.7. The average Bonchev–Trinajstić information content (AvgIpc) is 2.29. The van der Waals surface area contributed by atoms with Gasteiger partial charge in [0.25, 0.3) is 0 Å². The lowest BCUT2D eigenvalue weighted by Crippen LogP contribution is -2.42. The van der Waals surface area contributed by atoms with Crippen LogP contribution >= 0.6 is 0 Å². The van der Waals surface area contributed by atoms with Crippen molar-refractivity contribution in [2.24, 2.45) is 0 Å². The molecule has 96 valence electrons. The van der Waals surface area contributed by atoms with Gasteiger partial charge < -0.3 is 14.0 Å². The summed E-state index contributed by atoms with van der Waals surface area (Å²) in [6, 6.07) is 1.37. The van der Waals surface area contributed by atoms with Gasteiger partial charge in [0.05, 0.1) is 0 Å². The molecule has 0 saturated heterocycles. The zero-order valence-electron chi connectivity index (χ0n) is 10.6. The molecule has 0 amide bonds. The predicted octanol–water partition coefficient (Wildman–Crippen LogP) is 2.78. The van der Waals surface area contributed by atoms with Crippen LogP contribution in [0.1, 0.15) is 40.0 Å². The van der Waals surface area contributed by atoms with Crippen molar-refractivity contribution in [2.45, 2.75) is 52.1 Å². The summed E-state index contributed by atoms with van der Waals surface area (Å²) in [4.78, 5) is 10.6. The van der Waals surface area contributed by atoms with Gasteiger partial charge in [-0.1, -0.05) is 20.8 Å². The van der Waals surface area contributed by atoms with E-state index in [1.54, 1.807) is 0 Å². The molecule has 0 aliphatic carbocycles. The highest BCUT2D eigenvalue weighted by Gasteiger charge is 2.35. The van der Waals surface area contributed by atoms with E-state index in [0.717, 1.165) is 18.9 Å². The van der Waals surface area contributed by atoms with E-state index in [1.165, 1.54) is 0 Å². The van der Waals surface area contributed by atoms with Gasteiger partial charge in [-0.3, -0.25) is 4.79 Å². The molecule has 0 radical (unpaired) electrons. The molecule has 0 aliphatic heterocycles. The normalized spacial score (nSPS) is 11.7. The lowest BCUT2D eigenvalue weighted by molar-refractivity contribution is -0.136. The molecule has 0 fully saturated rings. The molecule has 0 aromatic heterocycles. The standard InChI is InChI=1S/C11H24O4Si/c1-4-8-14-16(6-3,15-9-5-2)10-7-11(12)13/h4-10H2,1-3H3,(H,12,13). The Bertz CT molecular complexity index is 188. The van der Waals surface area contributed by atoms with Crippen molar-refractivity contribution >= 4 is 14.5 Å². The Balaban J connectivity index is 4.33. The topological polar surface area (TPSA) is 55.8 Å². The first-order chi connectivity index (χ1) is 7.60. The van der Waals surface area contributed by atoms with E-state index in [2.05, 4.69) is 0 Å². The van der Waals surface area contributed by atoms with Crippen LogP contribution in [0.4, 0.5) is 0 Å². The average molecular weight is 248 g/mol. The van der Waals surface area contributed by atoms with E-state index in [0.29, 0.717) is 19.3 Å². The zero-order chi connectivity index (χ0) is 12.4. The zero-order valence-corrected chi connectivity index (χ0v) is 11.6. The van der Waals surface area contributed by atoms with Crippen molar-refractivity contribution in [1.82, 2.24) is 0 Å². The predicted molar refractivity (Wildman–Crippen MR) is 65.8 cm³/mol. The third-order valence-electron chi connectivity index (χ3n) is 2.40. The van der Waals surface area contributed by atoms with Gasteiger partial charge >= 0.3 is 14.5 Å². The quantitative estimate of drug-likeness (QED) is 0.604. The minimum absolute atomic E-state index is 0.146. The van der Waals surface area contributed by atoms with Gasteiger partial charge in [0, 0.05) is 25.7 Å². The second kappa shape index (κ2) is 8.72. The molecule has 16 heavy (non-hydrogen) atoms. The Morgan fingerprint density at radius 1 is 1.12 bits per heavy atom. The van der Waals surface area contributed by atoms with E-state index >= 15 is 0 Å². The molecule has 4 nitrogen and oxygen atoms in total. The van der Waals surface area contributed by atoms with Crippen molar-refractivity contribution in [3.05, 3.63) is 0 Å². The number of hydrogen-bond donors (Lipinski definition) is 1. The number of hydrogen-bond acceptors (Lipinski definition) is 3. The van der Waals surface area contributed by atoms with Gasteiger partial charge in [-0.05, 0) is 18.9 Å². The Morgan fingerprint density at radius 2 is 1.62 bits per heavy atom. The third kappa shape index (κ3) is 6.25. The van der Waals surface area contributed by atoms with Gasteiger partial charge in [0.2, 0.25) is 0 Å². The fourth-order valence-electron chi connectivity index (χ4n) is 1.44. The van der Waals surface area contributed by atoms with Crippen molar-refractivity contribution in [3.8, 4) is 0 Å². The Hall–Kier alpha value is -0.393. The Kier molecular flexibility index (Phi) is 8.51. The molecule has 0 unspecified atom stereocenters. The van der Waals surface area contributed by atoms with Gasteiger partial charge in [-0.2, -0.15) is 0 Å². The van der Waals surface area contributed by atoms with Crippen LogP contribution in [0.2, 0.25) is 12.1 Å². The summed E-state index contributed by atoms with van der Waals surface area (Å²) in [6.07, 6.45) is 2.03.